The minimum Gasteiger partial charge on any atom is -0.452 e. The molecule has 1 N–H and O–H groups in total. The van der Waals surface area contributed by atoms with Crippen LogP contribution in [0.4, 0.5) is 0 Å². The second-order valence-electron chi connectivity index (χ2n) is 3.86. The van der Waals surface area contributed by atoms with Gasteiger partial charge < -0.3 is 9.73 Å². The molecule has 2 rings (SSSR count). The van der Waals surface area contributed by atoms with Crippen LogP contribution in [0.2, 0.25) is 5.02 Å². The first-order valence-corrected chi connectivity index (χ1v) is 6.47. The number of rotatable bonds is 3. The summed E-state index contributed by atoms with van der Waals surface area (Å²) >= 11 is 9.28. The highest BCUT2D eigenvalue weighted by molar-refractivity contribution is 9.10. The minimum absolute atomic E-state index is 0.0403. The fourth-order valence-electron chi connectivity index (χ4n) is 1.90. The van der Waals surface area contributed by atoms with Gasteiger partial charge >= 0.3 is 0 Å². The highest BCUT2D eigenvalue weighted by Crippen LogP contribution is 2.29. The summed E-state index contributed by atoms with van der Waals surface area (Å²) in [5.41, 5.74) is 2.31. The van der Waals surface area contributed by atoms with E-state index in [1.54, 1.807) is 0 Å². The number of benzene rings is 1. The summed E-state index contributed by atoms with van der Waals surface area (Å²) in [6, 6.07) is 9.77. The van der Waals surface area contributed by atoms with Gasteiger partial charge in [-0.1, -0.05) is 17.7 Å². The SMILES string of the molecule is CNC(c1ccc(Br)o1)c1ccc(Cl)cc1C. The van der Waals surface area contributed by atoms with Gasteiger partial charge in [0.2, 0.25) is 0 Å². The molecular formula is C13H13BrClNO. The first kappa shape index (κ1) is 12.7. The molecule has 1 aromatic heterocycles. The number of nitrogens with one attached hydrogen (secondary N) is 1. The molecule has 4 heteroatoms. The molecule has 0 aliphatic rings. The van der Waals surface area contributed by atoms with Crippen LogP contribution < -0.4 is 5.32 Å². The van der Waals surface area contributed by atoms with Crippen molar-refractivity contribution in [1.29, 1.82) is 0 Å². The van der Waals surface area contributed by atoms with Crippen molar-refractivity contribution in [2.24, 2.45) is 0 Å². The van der Waals surface area contributed by atoms with E-state index in [4.69, 9.17) is 16.0 Å². The maximum atomic E-state index is 5.96. The average Bonchev–Trinajstić information content (AvgIpc) is 2.69. The molecule has 0 radical (unpaired) electrons. The van der Waals surface area contributed by atoms with Crippen molar-refractivity contribution >= 4 is 27.5 Å². The van der Waals surface area contributed by atoms with E-state index in [9.17, 15) is 0 Å². The van der Waals surface area contributed by atoms with E-state index < -0.39 is 0 Å². The highest BCUT2D eigenvalue weighted by Gasteiger charge is 2.17. The van der Waals surface area contributed by atoms with Crippen molar-refractivity contribution < 1.29 is 4.42 Å². The van der Waals surface area contributed by atoms with Gasteiger partial charge in [-0.2, -0.15) is 0 Å². The van der Waals surface area contributed by atoms with Gasteiger partial charge in [0.25, 0.3) is 0 Å². The Balaban J connectivity index is 2.42. The lowest BCUT2D eigenvalue weighted by atomic mass is 9.99. The monoisotopic (exact) mass is 313 g/mol. The van der Waals surface area contributed by atoms with Gasteiger partial charge in [-0.15, -0.1) is 0 Å². The predicted octanol–water partition coefficient (Wildman–Crippen LogP) is 4.31. The highest BCUT2D eigenvalue weighted by atomic mass is 79.9. The zero-order valence-electron chi connectivity index (χ0n) is 9.63. The van der Waals surface area contributed by atoms with Crippen LogP contribution >= 0.6 is 27.5 Å². The molecule has 0 fully saturated rings. The van der Waals surface area contributed by atoms with Gasteiger partial charge in [0.05, 0.1) is 6.04 Å². The fourth-order valence-corrected chi connectivity index (χ4v) is 2.44. The number of hydrogen-bond donors (Lipinski definition) is 1. The maximum absolute atomic E-state index is 5.96. The van der Waals surface area contributed by atoms with Gasteiger partial charge in [-0.3, -0.25) is 0 Å². The molecule has 90 valence electrons. The zero-order chi connectivity index (χ0) is 12.4. The van der Waals surface area contributed by atoms with E-state index in [0.717, 1.165) is 21.0 Å². The Kier molecular flexibility index (Phi) is 3.92. The third-order valence-electron chi connectivity index (χ3n) is 2.71. The van der Waals surface area contributed by atoms with Crippen molar-refractivity contribution in [2.45, 2.75) is 13.0 Å². The molecule has 2 nitrogen and oxygen atoms in total. The van der Waals surface area contributed by atoms with Crippen LogP contribution in [0.3, 0.4) is 0 Å². The molecular weight excluding hydrogens is 302 g/mol. The summed E-state index contributed by atoms with van der Waals surface area (Å²) < 4.78 is 6.33. The van der Waals surface area contributed by atoms with E-state index in [-0.39, 0.29) is 6.04 Å². The molecule has 0 aliphatic carbocycles. The van der Waals surface area contributed by atoms with Crippen LogP contribution in [-0.2, 0) is 0 Å². The molecule has 1 unspecified atom stereocenters. The van der Waals surface area contributed by atoms with Crippen LogP contribution in [0.5, 0.6) is 0 Å². The van der Waals surface area contributed by atoms with E-state index in [0.29, 0.717) is 0 Å². The van der Waals surface area contributed by atoms with E-state index in [1.165, 1.54) is 5.56 Å². The molecule has 1 atom stereocenters. The van der Waals surface area contributed by atoms with Gasteiger partial charge in [0.15, 0.2) is 4.67 Å². The normalized spacial score (nSPS) is 12.7. The summed E-state index contributed by atoms with van der Waals surface area (Å²) in [6.45, 7) is 2.05. The third-order valence-corrected chi connectivity index (χ3v) is 3.37. The fraction of sp³-hybridized carbons (Fsp3) is 0.231. The summed E-state index contributed by atoms with van der Waals surface area (Å²) in [4.78, 5) is 0. The second kappa shape index (κ2) is 5.25. The van der Waals surface area contributed by atoms with Crippen molar-refractivity contribution in [1.82, 2.24) is 5.32 Å². The quantitative estimate of drug-likeness (QED) is 0.913. The largest absolute Gasteiger partial charge is 0.452 e. The average molecular weight is 315 g/mol. The Labute approximate surface area is 114 Å². The Bertz CT molecular complexity index is 524. The molecule has 17 heavy (non-hydrogen) atoms. The molecule has 1 heterocycles. The number of hydrogen-bond acceptors (Lipinski definition) is 2. The molecule has 0 amide bonds. The minimum atomic E-state index is 0.0403. The smallest absolute Gasteiger partial charge is 0.169 e. The van der Waals surface area contributed by atoms with Crippen LogP contribution in [0.25, 0.3) is 0 Å². The lowest BCUT2D eigenvalue weighted by Gasteiger charge is -2.16. The van der Waals surface area contributed by atoms with E-state index >= 15 is 0 Å². The lowest BCUT2D eigenvalue weighted by molar-refractivity contribution is 0.446. The molecule has 0 saturated carbocycles. The molecule has 0 spiro atoms. The Morgan fingerprint density at radius 1 is 1.29 bits per heavy atom. The maximum Gasteiger partial charge on any atom is 0.169 e. The zero-order valence-corrected chi connectivity index (χ0v) is 12.0. The topological polar surface area (TPSA) is 25.2 Å². The number of furan rings is 1. The Morgan fingerprint density at radius 3 is 2.59 bits per heavy atom. The molecule has 1 aromatic carbocycles. The first-order valence-electron chi connectivity index (χ1n) is 5.30. The molecule has 0 saturated heterocycles. The lowest BCUT2D eigenvalue weighted by Crippen LogP contribution is -2.18. The van der Waals surface area contributed by atoms with Crippen molar-refractivity contribution in [3.63, 3.8) is 0 Å². The Hall–Kier alpha value is -0.770. The Morgan fingerprint density at radius 2 is 2.06 bits per heavy atom. The van der Waals surface area contributed by atoms with Crippen LogP contribution in [-0.4, -0.2) is 7.05 Å². The summed E-state index contributed by atoms with van der Waals surface area (Å²) in [5, 5.41) is 4.00. The van der Waals surface area contributed by atoms with Gasteiger partial charge in [0.1, 0.15) is 5.76 Å². The van der Waals surface area contributed by atoms with Crippen molar-refractivity contribution in [3.05, 3.63) is 56.9 Å². The van der Waals surface area contributed by atoms with E-state index in [1.807, 2.05) is 44.3 Å². The van der Waals surface area contributed by atoms with Gasteiger partial charge in [0, 0.05) is 5.02 Å². The molecule has 0 aliphatic heterocycles. The summed E-state index contributed by atoms with van der Waals surface area (Å²) in [7, 11) is 1.91. The molecule has 2 aromatic rings. The van der Waals surface area contributed by atoms with Crippen molar-refractivity contribution in [2.75, 3.05) is 7.05 Å². The summed E-state index contributed by atoms with van der Waals surface area (Å²) in [6.07, 6.45) is 0. The third kappa shape index (κ3) is 2.73. The van der Waals surface area contributed by atoms with E-state index in [2.05, 4.69) is 21.2 Å². The number of halogens is 2. The van der Waals surface area contributed by atoms with Crippen LogP contribution in [0, 0.1) is 6.92 Å². The number of aryl methyl sites for hydroxylation is 1. The van der Waals surface area contributed by atoms with Crippen LogP contribution in [0.15, 0.2) is 39.4 Å². The van der Waals surface area contributed by atoms with Gasteiger partial charge in [-0.25, -0.2) is 0 Å². The summed E-state index contributed by atoms with van der Waals surface area (Å²) in [5.74, 6) is 0.879. The predicted molar refractivity (Wildman–Crippen MR) is 73.5 cm³/mol. The molecule has 0 bridgehead atoms. The standard InChI is InChI=1S/C13H13BrClNO/c1-8-7-9(15)3-4-10(8)13(16-2)11-5-6-12(14)17-11/h3-7,13,16H,1-2H3. The second-order valence-corrected chi connectivity index (χ2v) is 5.08. The first-order chi connectivity index (χ1) is 8.11. The van der Waals surface area contributed by atoms with Crippen LogP contribution in [0.1, 0.15) is 22.9 Å². The van der Waals surface area contributed by atoms with Crippen molar-refractivity contribution in [3.8, 4) is 0 Å². The van der Waals surface area contributed by atoms with Gasteiger partial charge in [-0.05, 0) is 65.3 Å².